The van der Waals surface area contributed by atoms with E-state index in [9.17, 15) is 0 Å². The number of ether oxygens (including phenoxy) is 1. The van der Waals surface area contributed by atoms with Crippen LogP contribution in [0.2, 0.25) is 0 Å². The minimum atomic E-state index is 0.174. The fourth-order valence-electron chi connectivity index (χ4n) is 1.72. The first kappa shape index (κ1) is 13.2. The van der Waals surface area contributed by atoms with Gasteiger partial charge in [-0.15, -0.1) is 0 Å². The number of nitrogens with one attached hydrogen (secondary N) is 1. The van der Waals surface area contributed by atoms with Crippen LogP contribution in [0.5, 0.6) is 5.75 Å². The van der Waals surface area contributed by atoms with Gasteiger partial charge in [-0.1, -0.05) is 0 Å². The summed E-state index contributed by atoms with van der Waals surface area (Å²) in [4.78, 5) is 4.28. The summed E-state index contributed by atoms with van der Waals surface area (Å²) in [5.41, 5.74) is 8.53. The maximum absolute atomic E-state index is 5.92. The molecule has 0 spiro atoms. The second-order valence-corrected chi connectivity index (χ2v) is 4.77. The van der Waals surface area contributed by atoms with Crippen LogP contribution < -0.4 is 15.8 Å². The Morgan fingerprint density at radius 3 is 2.47 bits per heavy atom. The van der Waals surface area contributed by atoms with Crippen LogP contribution in [0.1, 0.15) is 19.4 Å². The number of anilines is 3. The van der Waals surface area contributed by atoms with E-state index in [4.69, 9.17) is 10.5 Å². The Kier molecular flexibility index (Phi) is 3.90. The molecule has 2 aromatic rings. The molecule has 0 fully saturated rings. The Morgan fingerprint density at radius 1 is 1.21 bits per heavy atom. The van der Waals surface area contributed by atoms with Crippen LogP contribution in [0.25, 0.3) is 0 Å². The van der Waals surface area contributed by atoms with Crippen molar-refractivity contribution in [3.05, 3.63) is 42.1 Å². The molecule has 19 heavy (non-hydrogen) atoms. The average molecular weight is 257 g/mol. The highest BCUT2D eigenvalue weighted by Gasteiger charge is 2.02. The summed E-state index contributed by atoms with van der Waals surface area (Å²) < 4.78 is 5.59. The topological polar surface area (TPSA) is 60.2 Å². The largest absolute Gasteiger partial charge is 0.491 e. The molecule has 4 heteroatoms. The summed E-state index contributed by atoms with van der Waals surface area (Å²) in [6, 6.07) is 9.63. The molecule has 4 nitrogen and oxygen atoms in total. The second kappa shape index (κ2) is 5.61. The van der Waals surface area contributed by atoms with E-state index in [0.717, 1.165) is 17.0 Å². The van der Waals surface area contributed by atoms with Crippen LogP contribution in [0.3, 0.4) is 0 Å². The first-order valence-electron chi connectivity index (χ1n) is 6.30. The molecule has 1 aromatic carbocycles. The van der Waals surface area contributed by atoms with E-state index in [-0.39, 0.29) is 6.10 Å². The molecule has 0 aliphatic rings. The summed E-state index contributed by atoms with van der Waals surface area (Å²) in [6.07, 6.45) is 1.96. The highest BCUT2D eigenvalue weighted by atomic mass is 16.5. The SMILES string of the molecule is Cc1cnc(Nc2ccc(OC(C)C)cc2)c(N)c1. The van der Waals surface area contributed by atoms with Crippen LogP contribution in [0, 0.1) is 6.92 Å². The van der Waals surface area contributed by atoms with Crippen molar-refractivity contribution in [3.63, 3.8) is 0 Å². The lowest BCUT2D eigenvalue weighted by Gasteiger charge is -2.11. The molecule has 0 saturated carbocycles. The van der Waals surface area contributed by atoms with Crippen LogP contribution in [0.15, 0.2) is 36.5 Å². The number of hydrogen-bond donors (Lipinski definition) is 2. The molecule has 1 heterocycles. The van der Waals surface area contributed by atoms with Gasteiger partial charge < -0.3 is 15.8 Å². The quantitative estimate of drug-likeness (QED) is 0.880. The summed E-state index contributed by atoms with van der Waals surface area (Å²) in [5.74, 6) is 1.52. The highest BCUT2D eigenvalue weighted by Crippen LogP contribution is 2.23. The van der Waals surface area contributed by atoms with Gasteiger partial charge >= 0.3 is 0 Å². The predicted molar refractivity (Wildman–Crippen MR) is 78.9 cm³/mol. The number of rotatable bonds is 4. The summed E-state index contributed by atoms with van der Waals surface area (Å²) in [7, 11) is 0. The van der Waals surface area contributed by atoms with E-state index < -0.39 is 0 Å². The summed E-state index contributed by atoms with van der Waals surface area (Å²) >= 11 is 0. The zero-order chi connectivity index (χ0) is 13.8. The van der Waals surface area contributed by atoms with Gasteiger partial charge in [0, 0.05) is 11.9 Å². The lowest BCUT2D eigenvalue weighted by atomic mass is 10.2. The standard InChI is InChI=1S/C15H19N3O/c1-10(2)19-13-6-4-12(5-7-13)18-15-14(16)8-11(3)9-17-15/h4-10H,16H2,1-3H3,(H,17,18). The number of pyridine rings is 1. The molecular formula is C15H19N3O. The number of hydrogen-bond acceptors (Lipinski definition) is 4. The number of nitrogens with zero attached hydrogens (tertiary/aromatic N) is 1. The van der Waals surface area contributed by atoms with E-state index in [2.05, 4.69) is 10.3 Å². The van der Waals surface area contributed by atoms with Gasteiger partial charge in [-0.05, 0) is 56.7 Å². The van der Waals surface area contributed by atoms with Crippen molar-refractivity contribution in [1.82, 2.24) is 4.98 Å². The van der Waals surface area contributed by atoms with Crippen molar-refractivity contribution >= 4 is 17.2 Å². The lowest BCUT2D eigenvalue weighted by molar-refractivity contribution is 0.242. The smallest absolute Gasteiger partial charge is 0.153 e. The Balaban J connectivity index is 2.10. The van der Waals surface area contributed by atoms with Crippen molar-refractivity contribution in [2.24, 2.45) is 0 Å². The van der Waals surface area contributed by atoms with Gasteiger partial charge in [0.25, 0.3) is 0 Å². The number of aromatic nitrogens is 1. The minimum absolute atomic E-state index is 0.174. The molecule has 0 radical (unpaired) electrons. The van der Waals surface area contributed by atoms with E-state index in [1.54, 1.807) is 6.20 Å². The van der Waals surface area contributed by atoms with Gasteiger partial charge in [0.05, 0.1) is 11.8 Å². The second-order valence-electron chi connectivity index (χ2n) is 4.77. The maximum Gasteiger partial charge on any atom is 0.153 e. The number of aryl methyl sites for hydroxylation is 1. The van der Waals surface area contributed by atoms with Crippen LogP contribution in [0.4, 0.5) is 17.2 Å². The molecule has 100 valence electrons. The van der Waals surface area contributed by atoms with E-state index in [0.29, 0.717) is 11.5 Å². The molecule has 0 atom stereocenters. The van der Waals surface area contributed by atoms with Gasteiger partial charge in [0.2, 0.25) is 0 Å². The number of nitrogens with two attached hydrogens (primary N) is 1. The zero-order valence-electron chi connectivity index (χ0n) is 11.5. The molecule has 0 bridgehead atoms. The van der Waals surface area contributed by atoms with Crippen molar-refractivity contribution in [1.29, 1.82) is 0 Å². The van der Waals surface area contributed by atoms with Crippen molar-refractivity contribution in [2.75, 3.05) is 11.1 Å². The first-order chi connectivity index (χ1) is 9.04. The van der Waals surface area contributed by atoms with Crippen LogP contribution in [-0.2, 0) is 0 Å². The summed E-state index contributed by atoms with van der Waals surface area (Å²) in [6.45, 7) is 5.97. The zero-order valence-corrected chi connectivity index (χ0v) is 11.5. The van der Waals surface area contributed by atoms with Gasteiger partial charge in [0.15, 0.2) is 5.82 Å². The fourth-order valence-corrected chi connectivity index (χ4v) is 1.72. The summed E-state index contributed by atoms with van der Waals surface area (Å²) in [5, 5.41) is 3.19. The lowest BCUT2D eigenvalue weighted by Crippen LogP contribution is -2.05. The Labute approximate surface area is 113 Å². The third-order valence-corrected chi connectivity index (χ3v) is 2.54. The molecular weight excluding hydrogens is 238 g/mol. The number of benzene rings is 1. The van der Waals surface area contributed by atoms with Crippen LogP contribution in [-0.4, -0.2) is 11.1 Å². The van der Waals surface area contributed by atoms with Crippen molar-refractivity contribution < 1.29 is 4.74 Å². The molecule has 0 aliphatic heterocycles. The Bertz CT molecular complexity index is 550. The third kappa shape index (κ3) is 3.61. The predicted octanol–water partition coefficient (Wildman–Crippen LogP) is 3.50. The van der Waals surface area contributed by atoms with Gasteiger partial charge in [0.1, 0.15) is 5.75 Å². The normalized spacial score (nSPS) is 10.5. The average Bonchev–Trinajstić information content (AvgIpc) is 2.34. The van der Waals surface area contributed by atoms with Crippen molar-refractivity contribution in [2.45, 2.75) is 26.9 Å². The van der Waals surface area contributed by atoms with E-state index in [1.807, 2.05) is 51.1 Å². The monoisotopic (exact) mass is 257 g/mol. The van der Waals surface area contributed by atoms with Gasteiger partial charge in [-0.2, -0.15) is 0 Å². The van der Waals surface area contributed by atoms with Gasteiger partial charge in [-0.25, -0.2) is 4.98 Å². The van der Waals surface area contributed by atoms with Crippen LogP contribution >= 0.6 is 0 Å². The van der Waals surface area contributed by atoms with Crippen molar-refractivity contribution in [3.8, 4) is 5.75 Å². The third-order valence-electron chi connectivity index (χ3n) is 2.54. The molecule has 2 rings (SSSR count). The molecule has 3 N–H and O–H groups in total. The van der Waals surface area contributed by atoms with E-state index >= 15 is 0 Å². The first-order valence-corrected chi connectivity index (χ1v) is 6.30. The van der Waals surface area contributed by atoms with E-state index in [1.165, 1.54) is 0 Å². The Hall–Kier alpha value is -2.23. The molecule has 1 aromatic heterocycles. The molecule has 0 amide bonds. The number of nitrogen functional groups attached to an aromatic ring is 1. The highest BCUT2D eigenvalue weighted by molar-refractivity contribution is 5.69. The van der Waals surface area contributed by atoms with Gasteiger partial charge in [-0.3, -0.25) is 0 Å². The molecule has 0 unspecified atom stereocenters. The molecule has 0 aliphatic carbocycles. The Morgan fingerprint density at radius 2 is 1.89 bits per heavy atom. The maximum atomic E-state index is 5.92. The fraction of sp³-hybridized carbons (Fsp3) is 0.267. The minimum Gasteiger partial charge on any atom is -0.491 e. The molecule has 0 saturated heterocycles.